The number of benzene rings is 2. The van der Waals surface area contributed by atoms with Crippen LogP contribution >= 0.6 is 35.0 Å². The molecule has 0 fully saturated rings. The Morgan fingerprint density at radius 3 is 2.17 bits per heavy atom. The first-order chi connectivity index (χ1) is 8.47. The number of halogens is 2. The largest absolute Gasteiger partial charge is 0.507 e. The molecule has 0 saturated carbocycles. The van der Waals surface area contributed by atoms with Gasteiger partial charge >= 0.3 is 0 Å². The third kappa shape index (κ3) is 2.77. The summed E-state index contributed by atoms with van der Waals surface area (Å²) in [6, 6.07) is 7.15. The van der Waals surface area contributed by atoms with E-state index in [0.29, 0.717) is 14.8 Å². The quantitative estimate of drug-likeness (QED) is 0.775. The molecule has 3 N–H and O–H groups in total. The predicted octanol–water partition coefficient (Wildman–Crippen LogP) is 4.26. The molecule has 0 atom stereocenters. The molecular weight excluding hydrogens is 295 g/mol. The van der Waals surface area contributed by atoms with Gasteiger partial charge in [0.2, 0.25) is 0 Å². The lowest BCUT2D eigenvalue weighted by molar-refractivity contribution is 0.442. The van der Waals surface area contributed by atoms with Crippen LogP contribution in [0.2, 0.25) is 10.0 Å². The van der Waals surface area contributed by atoms with Crippen LogP contribution in [0.15, 0.2) is 40.1 Å². The van der Waals surface area contributed by atoms with Gasteiger partial charge in [0.1, 0.15) is 17.2 Å². The van der Waals surface area contributed by atoms with Crippen molar-refractivity contribution in [3.05, 3.63) is 40.4 Å². The average molecular weight is 303 g/mol. The maximum Gasteiger partial charge on any atom is 0.137 e. The summed E-state index contributed by atoms with van der Waals surface area (Å²) in [4.78, 5) is 0.898. The van der Waals surface area contributed by atoms with Gasteiger partial charge in [0.25, 0.3) is 0 Å². The minimum atomic E-state index is -0.200. The van der Waals surface area contributed by atoms with Crippen molar-refractivity contribution in [3.8, 4) is 17.2 Å². The highest BCUT2D eigenvalue weighted by Gasteiger charge is 2.11. The number of phenolic OH excluding ortho intramolecular Hbond substituents is 3. The molecule has 3 nitrogen and oxygen atoms in total. The van der Waals surface area contributed by atoms with Gasteiger partial charge in [-0.1, -0.05) is 35.0 Å². The monoisotopic (exact) mass is 302 g/mol. The lowest BCUT2D eigenvalue weighted by atomic mass is 10.3. The van der Waals surface area contributed by atoms with Crippen LogP contribution in [-0.2, 0) is 0 Å². The van der Waals surface area contributed by atoms with Gasteiger partial charge in [-0.2, -0.15) is 0 Å². The van der Waals surface area contributed by atoms with Crippen molar-refractivity contribution in [2.75, 3.05) is 0 Å². The molecule has 2 rings (SSSR count). The highest BCUT2D eigenvalue weighted by molar-refractivity contribution is 7.99. The van der Waals surface area contributed by atoms with Crippen LogP contribution < -0.4 is 0 Å². The van der Waals surface area contributed by atoms with Gasteiger partial charge in [0, 0.05) is 11.1 Å². The second kappa shape index (κ2) is 5.18. The van der Waals surface area contributed by atoms with E-state index in [0.717, 1.165) is 17.8 Å². The van der Waals surface area contributed by atoms with Crippen LogP contribution in [-0.4, -0.2) is 15.3 Å². The smallest absolute Gasteiger partial charge is 0.137 e. The highest BCUT2D eigenvalue weighted by Crippen LogP contribution is 2.43. The van der Waals surface area contributed by atoms with Crippen molar-refractivity contribution in [2.24, 2.45) is 0 Å². The molecule has 0 aromatic heterocycles. The van der Waals surface area contributed by atoms with Crippen LogP contribution in [0.3, 0.4) is 0 Å². The van der Waals surface area contributed by atoms with E-state index in [9.17, 15) is 15.3 Å². The number of hydrogen-bond acceptors (Lipinski definition) is 4. The van der Waals surface area contributed by atoms with Crippen molar-refractivity contribution in [3.63, 3.8) is 0 Å². The van der Waals surface area contributed by atoms with Gasteiger partial charge in [-0.3, -0.25) is 0 Å². The highest BCUT2D eigenvalue weighted by atomic mass is 35.5. The summed E-state index contributed by atoms with van der Waals surface area (Å²) < 4.78 is 0. The molecular formula is C12H8Cl2O3S. The average Bonchev–Trinajstić information content (AvgIpc) is 2.30. The Hall–Kier alpha value is -1.23. The molecule has 2 aromatic carbocycles. The molecule has 94 valence electrons. The zero-order valence-corrected chi connectivity index (χ0v) is 11.2. The molecule has 6 heteroatoms. The zero-order chi connectivity index (χ0) is 13.3. The SMILES string of the molecule is Oc1cc(O)c(Sc2cc(Cl)ccc2O)cc1Cl. The van der Waals surface area contributed by atoms with Gasteiger partial charge in [-0.25, -0.2) is 0 Å². The summed E-state index contributed by atoms with van der Waals surface area (Å²) >= 11 is 12.7. The molecule has 18 heavy (non-hydrogen) atoms. The normalized spacial score (nSPS) is 10.6. The Balaban J connectivity index is 2.40. The second-order valence-electron chi connectivity index (χ2n) is 3.49. The van der Waals surface area contributed by atoms with Crippen molar-refractivity contribution in [2.45, 2.75) is 9.79 Å². The first kappa shape index (κ1) is 13.2. The maximum atomic E-state index is 9.68. The third-order valence-corrected chi connectivity index (χ3v) is 3.80. The van der Waals surface area contributed by atoms with Crippen molar-refractivity contribution >= 4 is 35.0 Å². The molecule has 0 radical (unpaired) electrons. The molecule has 0 spiro atoms. The molecule has 0 heterocycles. The first-order valence-electron chi connectivity index (χ1n) is 4.85. The van der Waals surface area contributed by atoms with Crippen LogP contribution in [0, 0.1) is 0 Å². The summed E-state index contributed by atoms with van der Waals surface area (Å²) in [5, 5.41) is 29.3. The van der Waals surface area contributed by atoms with E-state index in [4.69, 9.17) is 23.2 Å². The van der Waals surface area contributed by atoms with Crippen LogP contribution in [0.1, 0.15) is 0 Å². The maximum absolute atomic E-state index is 9.68. The fourth-order valence-corrected chi connectivity index (χ4v) is 2.70. The zero-order valence-electron chi connectivity index (χ0n) is 8.89. The summed E-state index contributed by atoms with van der Waals surface area (Å²) in [7, 11) is 0. The summed E-state index contributed by atoms with van der Waals surface area (Å²) in [6.45, 7) is 0. The summed E-state index contributed by atoms with van der Waals surface area (Å²) in [5.41, 5.74) is 0. The van der Waals surface area contributed by atoms with Crippen molar-refractivity contribution in [1.29, 1.82) is 0 Å². The Morgan fingerprint density at radius 1 is 0.778 bits per heavy atom. The Morgan fingerprint density at radius 2 is 1.44 bits per heavy atom. The third-order valence-electron chi connectivity index (χ3n) is 2.17. The van der Waals surface area contributed by atoms with E-state index in [-0.39, 0.29) is 22.3 Å². The number of phenols is 3. The van der Waals surface area contributed by atoms with Gasteiger partial charge < -0.3 is 15.3 Å². The number of rotatable bonds is 2. The van der Waals surface area contributed by atoms with E-state index < -0.39 is 0 Å². The lowest BCUT2D eigenvalue weighted by Gasteiger charge is -2.08. The van der Waals surface area contributed by atoms with Gasteiger partial charge in [0.15, 0.2) is 0 Å². The lowest BCUT2D eigenvalue weighted by Crippen LogP contribution is -1.79. The fourth-order valence-electron chi connectivity index (χ4n) is 1.30. The van der Waals surface area contributed by atoms with Gasteiger partial charge in [-0.05, 0) is 24.3 Å². The second-order valence-corrected chi connectivity index (χ2v) is 5.41. The van der Waals surface area contributed by atoms with Gasteiger partial charge in [-0.15, -0.1) is 0 Å². The number of hydrogen-bond donors (Lipinski definition) is 3. The minimum absolute atomic E-state index is 0.0491. The van der Waals surface area contributed by atoms with Crippen LogP contribution in [0.4, 0.5) is 0 Å². The van der Waals surface area contributed by atoms with Crippen molar-refractivity contribution < 1.29 is 15.3 Å². The molecule has 0 unspecified atom stereocenters. The van der Waals surface area contributed by atoms with E-state index in [1.807, 2.05) is 0 Å². The van der Waals surface area contributed by atoms with Gasteiger partial charge in [0.05, 0.1) is 14.8 Å². The molecule has 0 bridgehead atoms. The molecule has 0 aliphatic carbocycles. The summed E-state index contributed by atoms with van der Waals surface area (Å²) in [5.74, 6) is -0.275. The van der Waals surface area contributed by atoms with E-state index >= 15 is 0 Å². The predicted molar refractivity (Wildman–Crippen MR) is 72.0 cm³/mol. The molecule has 0 aliphatic rings. The van der Waals surface area contributed by atoms with Crippen LogP contribution in [0.25, 0.3) is 0 Å². The van der Waals surface area contributed by atoms with E-state index in [1.165, 1.54) is 12.1 Å². The number of aromatic hydroxyl groups is 3. The minimum Gasteiger partial charge on any atom is -0.507 e. The first-order valence-corrected chi connectivity index (χ1v) is 6.42. The topological polar surface area (TPSA) is 60.7 Å². The van der Waals surface area contributed by atoms with Crippen LogP contribution in [0.5, 0.6) is 17.2 Å². The van der Waals surface area contributed by atoms with E-state index in [1.54, 1.807) is 12.1 Å². The Kier molecular flexibility index (Phi) is 3.80. The standard InChI is InChI=1S/C12H8Cl2O3S/c13-6-1-2-8(15)11(3-6)18-12-4-7(14)9(16)5-10(12)17/h1-5,15-17H. The van der Waals surface area contributed by atoms with E-state index in [2.05, 4.69) is 0 Å². The van der Waals surface area contributed by atoms with Crippen molar-refractivity contribution in [1.82, 2.24) is 0 Å². The Bertz CT molecular complexity index is 602. The Labute approximate surface area is 118 Å². The molecule has 0 amide bonds. The molecule has 0 aliphatic heterocycles. The fraction of sp³-hybridized carbons (Fsp3) is 0. The molecule has 2 aromatic rings. The molecule has 0 saturated heterocycles. The summed E-state index contributed by atoms with van der Waals surface area (Å²) in [6.07, 6.45) is 0.